The standard InChI is InChI=1S/C16H20N2O4/c1-9-6-7-11(10(2)8-9)16(5)12(19)18(14(22)17-16)15(3,4)13(20)21/h6-8H,1-5H3,(H,17,22)(H,20,21). The van der Waals surface area contributed by atoms with Crippen molar-refractivity contribution in [1.29, 1.82) is 0 Å². The summed E-state index contributed by atoms with van der Waals surface area (Å²) in [6.07, 6.45) is 0. The maximum absolute atomic E-state index is 12.8. The Labute approximate surface area is 129 Å². The molecule has 1 aromatic rings. The summed E-state index contributed by atoms with van der Waals surface area (Å²) in [7, 11) is 0. The Morgan fingerprint density at radius 3 is 2.36 bits per heavy atom. The zero-order valence-electron chi connectivity index (χ0n) is 13.4. The number of aliphatic carboxylic acids is 1. The van der Waals surface area contributed by atoms with Crippen molar-refractivity contribution in [2.75, 3.05) is 0 Å². The van der Waals surface area contributed by atoms with Gasteiger partial charge in [0.15, 0.2) is 0 Å². The third-order valence-corrected chi connectivity index (χ3v) is 4.19. The minimum absolute atomic E-state index is 0.558. The fourth-order valence-corrected chi connectivity index (χ4v) is 2.80. The summed E-state index contributed by atoms with van der Waals surface area (Å²) >= 11 is 0. The number of carboxylic acid groups (broad SMARTS) is 1. The second-order valence-electron chi connectivity index (χ2n) is 6.38. The first kappa shape index (κ1) is 16.0. The fourth-order valence-electron chi connectivity index (χ4n) is 2.80. The van der Waals surface area contributed by atoms with E-state index in [1.807, 2.05) is 26.0 Å². The third kappa shape index (κ3) is 2.15. The van der Waals surface area contributed by atoms with Gasteiger partial charge in [-0.25, -0.2) is 14.5 Å². The Morgan fingerprint density at radius 2 is 1.86 bits per heavy atom. The molecule has 0 bridgehead atoms. The molecule has 1 fully saturated rings. The zero-order valence-corrected chi connectivity index (χ0v) is 13.4. The van der Waals surface area contributed by atoms with Crippen LogP contribution in [-0.4, -0.2) is 33.5 Å². The summed E-state index contributed by atoms with van der Waals surface area (Å²) in [6, 6.07) is 4.88. The number of hydrogen-bond acceptors (Lipinski definition) is 3. The topological polar surface area (TPSA) is 86.7 Å². The zero-order chi connectivity index (χ0) is 16.9. The largest absolute Gasteiger partial charge is 0.480 e. The summed E-state index contributed by atoms with van der Waals surface area (Å²) in [5.41, 5.74) is -0.297. The second-order valence-corrected chi connectivity index (χ2v) is 6.38. The Bertz CT molecular complexity index is 681. The molecule has 6 nitrogen and oxygen atoms in total. The van der Waals surface area contributed by atoms with Crippen molar-refractivity contribution in [1.82, 2.24) is 10.2 Å². The molecule has 0 radical (unpaired) electrons. The summed E-state index contributed by atoms with van der Waals surface area (Å²) in [6.45, 7) is 8.07. The number of aryl methyl sites for hydroxylation is 2. The first-order valence-corrected chi connectivity index (χ1v) is 6.99. The van der Waals surface area contributed by atoms with Crippen molar-refractivity contribution in [2.24, 2.45) is 0 Å². The highest BCUT2D eigenvalue weighted by molar-refractivity contribution is 6.10. The molecule has 0 spiro atoms. The first-order valence-electron chi connectivity index (χ1n) is 6.99. The molecule has 1 unspecified atom stereocenters. The first-order chi connectivity index (χ1) is 10.0. The number of hydrogen-bond donors (Lipinski definition) is 2. The van der Waals surface area contributed by atoms with E-state index in [1.54, 1.807) is 13.0 Å². The van der Waals surface area contributed by atoms with Gasteiger partial charge in [-0.3, -0.25) is 4.79 Å². The number of carboxylic acids is 1. The highest BCUT2D eigenvalue weighted by Crippen LogP contribution is 2.34. The molecular weight excluding hydrogens is 284 g/mol. The van der Waals surface area contributed by atoms with Crippen molar-refractivity contribution < 1.29 is 19.5 Å². The number of urea groups is 1. The van der Waals surface area contributed by atoms with E-state index in [9.17, 15) is 19.5 Å². The van der Waals surface area contributed by atoms with Crippen LogP contribution >= 0.6 is 0 Å². The molecule has 2 rings (SSSR count). The Balaban J connectivity index is 2.53. The van der Waals surface area contributed by atoms with Crippen molar-refractivity contribution in [3.05, 3.63) is 34.9 Å². The highest BCUT2D eigenvalue weighted by atomic mass is 16.4. The summed E-state index contributed by atoms with van der Waals surface area (Å²) in [5, 5.41) is 11.9. The molecule has 1 aliphatic rings. The predicted octanol–water partition coefficient (Wildman–Crippen LogP) is 1.93. The van der Waals surface area contributed by atoms with Gasteiger partial charge in [-0.1, -0.05) is 23.8 Å². The SMILES string of the molecule is Cc1ccc(C2(C)NC(=O)N(C(C)(C)C(=O)O)C2=O)c(C)c1. The van der Waals surface area contributed by atoms with Crippen LogP contribution in [0.15, 0.2) is 18.2 Å². The van der Waals surface area contributed by atoms with E-state index in [-0.39, 0.29) is 0 Å². The monoisotopic (exact) mass is 304 g/mol. The van der Waals surface area contributed by atoms with E-state index in [4.69, 9.17) is 0 Å². The molecule has 22 heavy (non-hydrogen) atoms. The van der Waals surface area contributed by atoms with Gasteiger partial charge in [-0.05, 0) is 45.7 Å². The molecule has 1 saturated heterocycles. The van der Waals surface area contributed by atoms with Crippen LogP contribution in [0.3, 0.4) is 0 Å². The third-order valence-electron chi connectivity index (χ3n) is 4.19. The van der Waals surface area contributed by atoms with E-state index in [1.165, 1.54) is 13.8 Å². The number of carbonyl (C=O) groups is 3. The van der Waals surface area contributed by atoms with Crippen LogP contribution in [-0.2, 0) is 15.1 Å². The van der Waals surface area contributed by atoms with Crippen LogP contribution in [0.2, 0.25) is 0 Å². The van der Waals surface area contributed by atoms with Crippen molar-refractivity contribution in [3.63, 3.8) is 0 Å². The number of amides is 3. The molecule has 2 N–H and O–H groups in total. The van der Waals surface area contributed by atoms with E-state index in [0.29, 0.717) is 5.56 Å². The van der Waals surface area contributed by atoms with Crippen LogP contribution in [0, 0.1) is 13.8 Å². The number of imide groups is 1. The molecule has 1 aliphatic heterocycles. The smallest absolute Gasteiger partial charge is 0.329 e. The van der Waals surface area contributed by atoms with Crippen LogP contribution in [0.25, 0.3) is 0 Å². The van der Waals surface area contributed by atoms with Gasteiger partial charge in [-0.2, -0.15) is 0 Å². The lowest BCUT2D eigenvalue weighted by molar-refractivity contribution is -0.153. The fraction of sp³-hybridized carbons (Fsp3) is 0.438. The maximum atomic E-state index is 12.8. The van der Waals surface area contributed by atoms with Crippen LogP contribution in [0.5, 0.6) is 0 Å². The number of nitrogens with zero attached hydrogens (tertiary/aromatic N) is 1. The van der Waals surface area contributed by atoms with Gasteiger partial charge >= 0.3 is 12.0 Å². The molecule has 0 saturated carbocycles. The van der Waals surface area contributed by atoms with E-state index in [0.717, 1.165) is 16.0 Å². The number of rotatable bonds is 3. The number of carbonyl (C=O) groups excluding carboxylic acids is 2. The molecule has 0 aliphatic carbocycles. The Kier molecular flexibility index (Phi) is 3.51. The normalized spacial score (nSPS) is 22.0. The van der Waals surface area contributed by atoms with E-state index < -0.39 is 29.0 Å². The van der Waals surface area contributed by atoms with Crippen LogP contribution in [0.1, 0.15) is 37.5 Å². The van der Waals surface area contributed by atoms with Crippen LogP contribution in [0.4, 0.5) is 4.79 Å². The van der Waals surface area contributed by atoms with Crippen molar-refractivity contribution in [2.45, 2.75) is 45.7 Å². The molecule has 0 aromatic heterocycles. The van der Waals surface area contributed by atoms with Gasteiger partial charge in [0.05, 0.1) is 0 Å². The Hall–Kier alpha value is -2.37. The van der Waals surface area contributed by atoms with Gasteiger partial charge in [0.25, 0.3) is 5.91 Å². The molecule has 1 heterocycles. The highest BCUT2D eigenvalue weighted by Gasteiger charge is 2.56. The maximum Gasteiger partial charge on any atom is 0.329 e. The van der Waals surface area contributed by atoms with Gasteiger partial charge in [-0.15, -0.1) is 0 Å². The molecule has 6 heteroatoms. The van der Waals surface area contributed by atoms with Crippen molar-refractivity contribution >= 4 is 17.9 Å². The number of nitrogens with one attached hydrogen (secondary N) is 1. The van der Waals surface area contributed by atoms with Gasteiger partial charge in [0, 0.05) is 0 Å². The average Bonchev–Trinajstić information content (AvgIpc) is 2.60. The van der Waals surface area contributed by atoms with Crippen LogP contribution < -0.4 is 5.32 Å². The average molecular weight is 304 g/mol. The minimum Gasteiger partial charge on any atom is -0.480 e. The predicted molar refractivity (Wildman–Crippen MR) is 80.4 cm³/mol. The Morgan fingerprint density at radius 1 is 1.27 bits per heavy atom. The second kappa shape index (κ2) is 4.83. The number of benzene rings is 1. The van der Waals surface area contributed by atoms with E-state index >= 15 is 0 Å². The molecule has 118 valence electrons. The molecular formula is C16H20N2O4. The lowest BCUT2D eigenvalue weighted by atomic mass is 9.87. The lowest BCUT2D eigenvalue weighted by Gasteiger charge is -2.30. The van der Waals surface area contributed by atoms with Gasteiger partial charge in [0.1, 0.15) is 11.1 Å². The lowest BCUT2D eigenvalue weighted by Crippen LogP contribution is -2.54. The molecule has 1 aromatic carbocycles. The van der Waals surface area contributed by atoms with Crippen molar-refractivity contribution in [3.8, 4) is 0 Å². The van der Waals surface area contributed by atoms with E-state index in [2.05, 4.69) is 5.32 Å². The minimum atomic E-state index is -1.61. The molecule has 1 atom stereocenters. The summed E-state index contributed by atoms with van der Waals surface area (Å²) < 4.78 is 0. The summed E-state index contributed by atoms with van der Waals surface area (Å²) in [4.78, 5) is 37.2. The van der Waals surface area contributed by atoms with Gasteiger partial charge < -0.3 is 10.4 Å². The molecule has 3 amide bonds. The van der Waals surface area contributed by atoms with Gasteiger partial charge in [0.2, 0.25) is 0 Å². The quantitative estimate of drug-likeness (QED) is 0.835. The summed E-state index contributed by atoms with van der Waals surface area (Å²) in [5.74, 6) is -1.79.